The average Bonchev–Trinajstić information content (AvgIpc) is 3.04. The van der Waals surface area contributed by atoms with Gasteiger partial charge in [-0.25, -0.2) is 4.68 Å². The van der Waals surface area contributed by atoms with Crippen LogP contribution < -0.4 is 5.73 Å². The van der Waals surface area contributed by atoms with E-state index in [1.54, 1.807) is 10.9 Å². The molecule has 0 saturated carbocycles. The zero-order chi connectivity index (χ0) is 15.5. The maximum absolute atomic E-state index is 12.6. The molecular formula is C16H21N5O. The Morgan fingerprint density at radius 1 is 1.41 bits per heavy atom. The molecule has 2 aromatic rings. The fraction of sp³-hybridized carbons (Fsp3) is 0.438. The number of aromatic nitrogens is 3. The molecule has 1 saturated heterocycles. The minimum Gasteiger partial charge on any atom is -0.333 e. The van der Waals surface area contributed by atoms with Gasteiger partial charge in [0.05, 0.1) is 11.9 Å². The first kappa shape index (κ1) is 14.7. The molecular weight excluding hydrogens is 278 g/mol. The highest BCUT2D eigenvalue weighted by atomic mass is 16.2. The predicted molar refractivity (Wildman–Crippen MR) is 83.8 cm³/mol. The van der Waals surface area contributed by atoms with Gasteiger partial charge in [-0.3, -0.25) is 4.79 Å². The molecule has 0 radical (unpaired) electrons. The molecule has 1 atom stereocenters. The normalized spacial score (nSPS) is 18.5. The summed E-state index contributed by atoms with van der Waals surface area (Å²) in [4.78, 5) is 14.5. The van der Waals surface area contributed by atoms with Crippen molar-refractivity contribution in [3.63, 3.8) is 0 Å². The first-order chi connectivity index (χ1) is 10.7. The van der Waals surface area contributed by atoms with E-state index in [1.165, 1.54) is 0 Å². The van der Waals surface area contributed by atoms with Crippen LogP contribution in [0.15, 0.2) is 30.5 Å². The van der Waals surface area contributed by atoms with Gasteiger partial charge in [0, 0.05) is 19.1 Å². The van der Waals surface area contributed by atoms with Crippen molar-refractivity contribution < 1.29 is 4.79 Å². The van der Waals surface area contributed by atoms with E-state index in [4.69, 9.17) is 5.73 Å². The third kappa shape index (κ3) is 2.87. The number of likely N-dealkylation sites (tertiary alicyclic amines) is 1. The molecule has 0 unspecified atom stereocenters. The lowest BCUT2D eigenvalue weighted by Crippen LogP contribution is -2.47. The number of nitrogens with zero attached hydrogens (tertiary/aromatic N) is 4. The molecule has 1 aliphatic heterocycles. The number of carbonyl (C=O) groups is 1. The lowest BCUT2D eigenvalue weighted by atomic mass is 10.0. The maximum Gasteiger partial charge on any atom is 0.276 e. The van der Waals surface area contributed by atoms with Gasteiger partial charge in [-0.2, -0.15) is 0 Å². The highest BCUT2D eigenvalue weighted by Crippen LogP contribution is 2.18. The van der Waals surface area contributed by atoms with E-state index < -0.39 is 0 Å². The average molecular weight is 299 g/mol. The molecule has 0 aliphatic carbocycles. The van der Waals surface area contributed by atoms with Crippen LogP contribution in [0.2, 0.25) is 0 Å². The number of benzene rings is 1. The molecule has 2 N–H and O–H groups in total. The third-order valence-electron chi connectivity index (χ3n) is 4.14. The van der Waals surface area contributed by atoms with Gasteiger partial charge in [0.15, 0.2) is 5.69 Å². The molecule has 1 fully saturated rings. The molecule has 6 nitrogen and oxygen atoms in total. The third-order valence-corrected chi connectivity index (χ3v) is 4.14. The van der Waals surface area contributed by atoms with Gasteiger partial charge in [0.25, 0.3) is 5.91 Å². The lowest BCUT2D eigenvalue weighted by Gasteiger charge is -2.34. The molecule has 1 aromatic carbocycles. The number of nitrogens with two attached hydrogens (primary N) is 1. The van der Waals surface area contributed by atoms with Gasteiger partial charge in [-0.05, 0) is 43.9 Å². The van der Waals surface area contributed by atoms with E-state index >= 15 is 0 Å². The minimum atomic E-state index is -0.0750. The second kappa shape index (κ2) is 6.27. The van der Waals surface area contributed by atoms with Crippen molar-refractivity contribution in [3.05, 3.63) is 41.7 Å². The van der Waals surface area contributed by atoms with Gasteiger partial charge in [0.2, 0.25) is 0 Å². The molecule has 2 heterocycles. The van der Waals surface area contributed by atoms with Gasteiger partial charge in [-0.15, -0.1) is 5.10 Å². The number of hydrogen-bond acceptors (Lipinski definition) is 4. The Morgan fingerprint density at radius 2 is 2.27 bits per heavy atom. The van der Waals surface area contributed by atoms with Crippen LogP contribution in [-0.4, -0.2) is 44.9 Å². The maximum atomic E-state index is 12.6. The highest BCUT2D eigenvalue weighted by Gasteiger charge is 2.28. The highest BCUT2D eigenvalue weighted by molar-refractivity contribution is 5.92. The molecule has 6 heteroatoms. The Hall–Kier alpha value is -2.21. The van der Waals surface area contributed by atoms with Crippen molar-refractivity contribution in [3.8, 4) is 5.69 Å². The molecule has 1 amide bonds. The zero-order valence-electron chi connectivity index (χ0n) is 12.8. The van der Waals surface area contributed by atoms with E-state index in [2.05, 4.69) is 10.3 Å². The molecule has 3 rings (SSSR count). The van der Waals surface area contributed by atoms with Crippen LogP contribution in [0.25, 0.3) is 5.69 Å². The summed E-state index contributed by atoms with van der Waals surface area (Å²) in [6.45, 7) is 3.27. The first-order valence-corrected chi connectivity index (χ1v) is 7.69. The Balaban J connectivity index is 1.82. The second-order valence-electron chi connectivity index (χ2n) is 5.77. The zero-order valence-corrected chi connectivity index (χ0v) is 12.8. The summed E-state index contributed by atoms with van der Waals surface area (Å²) in [6, 6.07) is 8.05. The summed E-state index contributed by atoms with van der Waals surface area (Å²) in [5, 5.41) is 8.13. The van der Waals surface area contributed by atoms with Gasteiger partial charge < -0.3 is 10.6 Å². The van der Waals surface area contributed by atoms with Crippen LogP contribution in [0.5, 0.6) is 0 Å². The number of rotatable bonds is 3. The monoisotopic (exact) mass is 299 g/mol. The van der Waals surface area contributed by atoms with E-state index in [9.17, 15) is 4.79 Å². The number of piperidine rings is 1. The second-order valence-corrected chi connectivity index (χ2v) is 5.77. The van der Waals surface area contributed by atoms with E-state index in [-0.39, 0.29) is 11.9 Å². The predicted octanol–water partition coefficient (Wildman–Crippen LogP) is 1.53. The summed E-state index contributed by atoms with van der Waals surface area (Å²) in [5.41, 5.74) is 8.21. The fourth-order valence-electron chi connectivity index (χ4n) is 2.92. The number of hydrogen-bond donors (Lipinski definition) is 1. The van der Waals surface area contributed by atoms with Crippen LogP contribution in [-0.2, 0) is 0 Å². The SMILES string of the molecule is Cc1cccc(-n2cc(C(=O)N3CCCC[C@H]3CN)nn2)c1. The van der Waals surface area contributed by atoms with Gasteiger partial charge >= 0.3 is 0 Å². The van der Waals surface area contributed by atoms with Crippen LogP contribution in [0.1, 0.15) is 35.3 Å². The van der Waals surface area contributed by atoms with Crippen molar-refractivity contribution in [2.24, 2.45) is 5.73 Å². The molecule has 0 spiro atoms. The topological polar surface area (TPSA) is 77.0 Å². The molecule has 22 heavy (non-hydrogen) atoms. The summed E-state index contributed by atoms with van der Waals surface area (Å²) in [5.74, 6) is -0.0750. The first-order valence-electron chi connectivity index (χ1n) is 7.69. The minimum absolute atomic E-state index is 0.0750. The van der Waals surface area contributed by atoms with Crippen LogP contribution in [0.3, 0.4) is 0 Å². The summed E-state index contributed by atoms with van der Waals surface area (Å²) < 4.78 is 1.64. The Bertz CT molecular complexity index is 666. The Morgan fingerprint density at radius 3 is 3.05 bits per heavy atom. The largest absolute Gasteiger partial charge is 0.333 e. The molecule has 1 aliphatic rings. The fourth-order valence-corrected chi connectivity index (χ4v) is 2.92. The molecule has 116 valence electrons. The van der Waals surface area contributed by atoms with Crippen molar-refractivity contribution in [1.29, 1.82) is 0 Å². The number of aryl methyl sites for hydroxylation is 1. The summed E-state index contributed by atoms with van der Waals surface area (Å²) >= 11 is 0. The smallest absolute Gasteiger partial charge is 0.276 e. The Kier molecular flexibility index (Phi) is 4.20. The quantitative estimate of drug-likeness (QED) is 0.932. The summed E-state index contributed by atoms with van der Waals surface area (Å²) in [7, 11) is 0. The standard InChI is InChI=1S/C16H21N5O/c1-12-5-4-7-13(9-12)21-11-15(18-19-21)16(22)20-8-3-2-6-14(20)10-17/h4-5,7,9,11,14H,2-3,6,8,10,17H2,1H3/t14-/m0/s1. The van der Waals surface area contributed by atoms with E-state index in [0.29, 0.717) is 12.2 Å². The van der Waals surface area contributed by atoms with Crippen molar-refractivity contribution in [2.75, 3.05) is 13.1 Å². The van der Waals surface area contributed by atoms with Gasteiger partial charge in [-0.1, -0.05) is 17.3 Å². The van der Waals surface area contributed by atoms with Gasteiger partial charge in [0.1, 0.15) is 0 Å². The van der Waals surface area contributed by atoms with Crippen LogP contribution in [0, 0.1) is 6.92 Å². The molecule has 0 bridgehead atoms. The number of amides is 1. The van der Waals surface area contributed by atoms with E-state index in [1.807, 2.05) is 36.1 Å². The number of carbonyl (C=O) groups excluding carboxylic acids is 1. The Labute approximate surface area is 129 Å². The lowest BCUT2D eigenvalue weighted by molar-refractivity contribution is 0.0617. The summed E-state index contributed by atoms with van der Waals surface area (Å²) in [6.07, 6.45) is 4.81. The van der Waals surface area contributed by atoms with Crippen molar-refractivity contribution in [1.82, 2.24) is 19.9 Å². The van der Waals surface area contributed by atoms with E-state index in [0.717, 1.165) is 37.1 Å². The molecule has 1 aromatic heterocycles. The van der Waals surface area contributed by atoms with Crippen LogP contribution in [0.4, 0.5) is 0 Å². The van der Waals surface area contributed by atoms with Crippen LogP contribution >= 0.6 is 0 Å². The van der Waals surface area contributed by atoms with Crippen molar-refractivity contribution >= 4 is 5.91 Å². The van der Waals surface area contributed by atoms with Crippen molar-refractivity contribution in [2.45, 2.75) is 32.2 Å².